The summed E-state index contributed by atoms with van der Waals surface area (Å²) in [6, 6.07) is 15.7. The Labute approximate surface area is 276 Å². The molecule has 0 N–H and O–H groups in total. The van der Waals surface area contributed by atoms with Gasteiger partial charge >= 0.3 is 0 Å². The molecule has 1 unspecified atom stereocenters. The van der Waals surface area contributed by atoms with Gasteiger partial charge in [0.1, 0.15) is 0 Å². The summed E-state index contributed by atoms with van der Waals surface area (Å²) in [7, 11) is 0. The average molecular weight is 601 g/mol. The number of benzene rings is 2. The van der Waals surface area contributed by atoms with Crippen LogP contribution in [0.5, 0.6) is 0 Å². The van der Waals surface area contributed by atoms with Gasteiger partial charge < -0.3 is 0 Å². The van der Waals surface area contributed by atoms with Crippen LogP contribution in [0.1, 0.15) is 131 Å². The van der Waals surface area contributed by atoms with Gasteiger partial charge in [0.2, 0.25) is 0 Å². The van der Waals surface area contributed by atoms with Crippen molar-refractivity contribution < 1.29 is 0 Å². The van der Waals surface area contributed by atoms with Crippen molar-refractivity contribution in [1.82, 2.24) is 0 Å². The molecule has 0 amide bonds. The van der Waals surface area contributed by atoms with Crippen molar-refractivity contribution in [2.75, 3.05) is 0 Å². The molecule has 0 saturated carbocycles. The van der Waals surface area contributed by atoms with Crippen LogP contribution in [-0.2, 0) is 12.8 Å². The predicted octanol–water partition coefficient (Wildman–Crippen LogP) is 14.2. The molecular weight excluding hydrogens is 528 g/mol. The van der Waals surface area contributed by atoms with Gasteiger partial charge in [-0.05, 0) is 101 Å². The Morgan fingerprint density at radius 1 is 0.750 bits per heavy atom. The molecule has 0 aliphatic heterocycles. The van der Waals surface area contributed by atoms with Crippen LogP contribution in [0, 0.1) is 43.4 Å². The minimum atomic E-state index is 0.389. The maximum absolute atomic E-state index is 3.94. The van der Waals surface area contributed by atoms with E-state index < -0.39 is 0 Å². The van der Waals surface area contributed by atoms with Gasteiger partial charge in [-0.1, -0.05) is 176 Å². The Bertz CT molecular complexity index is 1100. The van der Waals surface area contributed by atoms with Crippen LogP contribution < -0.4 is 0 Å². The van der Waals surface area contributed by atoms with Crippen molar-refractivity contribution in [3.8, 4) is 0 Å². The zero-order valence-corrected chi connectivity index (χ0v) is 32.1. The van der Waals surface area contributed by atoms with Gasteiger partial charge in [-0.3, -0.25) is 0 Å². The summed E-state index contributed by atoms with van der Waals surface area (Å²) in [6.07, 6.45) is 15.1. The maximum Gasteiger partial charge on any atom is -0.0225 e. The highest BCUT2D eigenvalue weighted by Gasteiger charge is 2.22. The van der Waals surface area contributed by atoms with Crippen molar-refractivity contribution in [3.05, 3.63) is 118 Å². The Hall–Kier alpha value is -2.60. The molecule has 248 valence electrons. The van der Waals surface area contributed by atoms with E-state index in [1.807, 2.05) is 32.9 Å². The van der Waals surface area contributed by atoms with E-state index in [1.54, 1.807) is 0 Å². The highest BCUT2D eigenvalue weighted by molar-refractivity contribution is 5.29. The van der Waals surface area contributed by atoms with E-state index in [9.17, 15) is 0 Å². The fourth-order valence-electron chi connectivity index (χ4n) is 4.57. The van der Waals surface area contributed by atoms with E-state index in [-0.39, 0.29) is 0 Å². The topological polar surface area (TPSA) is 0 Å². The van der Waals surface area contributed by atoms with Gasteiger partial charge in [0, 0.05) is 0 Å². The molecule has 0 aliphatic rings. The summed E-state index contributed by atoms with van der Waals surface area (Å²) >= 11 is 0. The first-order chi connectivity index (χ1) is 20.4. The van der Waals surface area contributed by atoms with Gasteiger partial charge in [-0.25, -0.2) is 0 Å². The van der Waals surface area contributed by atoms with E-state index in [0.717, 1.165) is 18.8 Å². The molecule has 0 nitrogen and oxygen atoms in total. The van der Waals surface area contributed by atoms with Crippen molar-refractivity contribution in [3.63, 3.8) is 0 Å². The first-order valence-electron chi connectivity index (χ1n) is 17.1. The molecule has 0 heteroatoms. The van der Waals surface area contributed by atoms with Crippen molar-refractivity contribution in [2.45, 2.75) is 136 Å². The van der Waals surface area contributed by atoms with Gasteiger partial charge in [0.05, 0.1) is 0 Å². The van der Waals surface area contributed by atoms with Crippen molar-refractivity contribution in [1.29, 1.82) is 0 Å². The molecule has 0 fully saturated rings. The minimum Gasteiger partial charge on any atom is -0.0999 e. The summed E-state index contributed by atoms with van der Waals surface area (Å²) in [4.78, 5) is 0. The SMILES string of the molecule is C=C(C)C(C)CC(C)(C)C.CC.C\C=C/C=C\C=C(/C)CCc1ccc(C)cc1.Cc1cc(C)cc(CC(C)(C)C(C)C)c1. The molecule has 0 aromatic heterocycles. The molecule has 44 heavy (non-hydrogen) atoms. The second-order valence-electron chi connectivity index (χ2n) is 14.7. The molecule has 0 bridgehead atoms. The van der Waals surface area contributed by atoms with Gasteiger partial charge in [-0.2, -0.15) is 0 Å². The van der Waals surface area contributed by atoms with E-state index in [2.05, 4.69) is 157 Å². The number of aryl methyl sites for hydroxylation is 4. The lowest BCUT2D eigenvalue weighted by molar-refractivity contribution is 0.248. The van der Waals surface area contributed by atoms with E-state index >= 15 is 0 Å². The Kier molecular flexibility index (Phi) is 22.6. The fourth-order valence-corrected chi connectivity index (χ4v) is 4.57. The van der Waals surface area contributed by atoms with Crippen LogP contribution in [0.3, 0.4) is 0 Å². The zero-order chi connectivity index (χ0) is 34.5. The van der Waals surface area contributed by atoms with Crippen LogP contribution in [0.2, 0.25) is 0 Å². The summed E-state index contributed by atoms with van der Waals surface area (Å²) in [5.74, 6) is 1.39. The summed E-state index contributed by atoms with van der Waals surface area (Å²) in [5.41, 5.74) is 10.5. The Morgan fingerprint density at radius 3 is 1.68 bits per heavy atom. The molecule has 2 rings (SSSR count). The third-order valence-corrected chi connectivity index (χ3v) is 7.99. The van der Waals surface area contributed by atoms with Crippen LogP contribution in [0.4, 0.5) is 0 Å². The fraction of sp³-hybridized carbons (Fsp3) is 0.545. The lowest BCUT2D eigenvalue weighted by Gasteiger charge is -2.29. The second kappa shape index (κ2) is 22.8. The van der Waals surface area contributed by atoms with E-state index in [0.29, 0.717) is 16.7 Å². The molecule has 1 atom stereocenters. The molecular formula is C44H72. The van der Waals surface area contributed by atoms with Crippen LogP contribution in [0.15, 0.2) is 90.6 Å². The Balaban J connectivity index is 0. The molecule has 0 spiro atoms. The number of rotatable bonds is 10. The highest BCUT2D eigenvalue weighted by Crippen LogP contribution is 2.31. The first-order valence-corrected chi connectivity index (χ1v) is 17.1. The zero-order valence-electron chi connectivity index (χ0n) is 32.1. The molecule has 2 aromatic rings. The summed E-state index contributed by atoms with van der Waals surface area (Å²) < 4.78 is 0. The number of allylic oxidation sites excluding steroid dienone is 7. The number of hydrogen-bond acceptors (Lipinski definition) is 0. The lowest BCUT2D eigenvalue weighted by atomic mass is 9.76. The molecule has 0 aliphatic carbocycles. The predicted molar refractivity (Wildman–Crippen MR) is 205 cm³/mol. The molecule has 0 radical (unpaired) electrons. The average Bonchev–Trinajstić information content (AvgIpc) is 2.91. The smallest absolute Gasteiger partial charge is 0.0225 e. The molecule has 0 saturated heterocycles. The van der Waals surface area contributed by atoms with Gasteiger partial charge in [0.15, 0.2) is 0 Å². The van der Waals surface area contributed by atoms with Crippen molar-refractivity contribution >= 4 is 0 Å². The van der Waals surface area contributed by atoms with Crippen LogP contribution in [-0.4, -0.2) is 0 Å². The summed E-state index contributed by atoms with van der Waals surface area (Å²) in [5, 5.41) is 0. The minimum absolute atomic E-state index is 0.389. The third kappa shape index (κ3) is 22.9. The molecule has 0 heterocycles. The van der Waals surface area contributed by atoms with Gasteiger partial charge in [0.25, 0.3) is 0 Å². The lowest BCUT2D eigenvalue weighted by Crippen LogP contribution is -2.22. The highest BCUT2D eigenvalue weighted by atomic mass is 14.3. The Morgan fingerprint density at radius 2 is 1.27 bits per heavy atom. The van der Waals surface area contributed by atoms with Crippen LogP contribution >= 0.6 is 0 Å². The summed E-state index contributed by atoms with van der Waals surface area (Å²) in [6.45, 7) is 39.1. The van der Waals surface area contributed by atoms with Crippen molar-refractivity contribution in [2.24, 2.45) is 22.7 Å². The largest absolute Gasteiger partial charge is 0.0999 e. The standard InChI is InChI=1S/C17H22.C15H24.C10H20.C2H6/c1-4-5-6-7-8-15(2)9-12-17-13-10-16(3)11-14-17;1-11(2)15(5,6)10-14-8-12(3)7-13(4)9-14;1-8(2)9(3)7-10(4,5)6;1-2/h4-8,10-11,13-14H,9,12H2,1-3H3;7-9,11H,10H2,1-6H3;9H,1,7H2,2-6H3;1-2H3/b5-4-,7-6-,15-8+;;;. The van der Waals surface area contributed by atoms with Gasteiger partial charge in [-0.15, -0.1) is 0 Å². The first kappa shape index (κ1) is 43.5. The normalized spacial score (nSPS) is 12.6. The number of hydrogen-bond donors (Lipinski definition) is 0. The van der Waals surface area contributed by atoms with E-state index in [1.165, 1.54) is 51.8 Å². The third-order valence-electron chi connectivity index (χ3n) is 7.99. The quantitative estimate of drug-likeness (QED) is 0.188. The van der Waals surface area contributed by atoms with Crippen LogP contribution in [0.25, 0.3) is 0 Å². The molecule has 2 aromatic carbocycles. The maximum atomic E-state index is 3.94. The monoisotopic (exact) mass is 601 g/mol. The van der Waals surface area contributed by atoms with E-state index in [4.69, 9.17) is 0 Å². The second-order valence-corrected chi connectivity index (χ2v) is 14.7.